The Balaban J connectivity index is 5.24. The first kappa shape index (κ1) is 86.1. The molecular weight excluding hydrogens is 1160 g/mol. The molecule has 3 N–H and O–H groups in total. The number of phosphoric acid groups is 2. The lowest BCUT2D eigenvalue weighted by Gasteiger charge is -2.21. The number of carbonyl (C=O) groups is 4. The van der Waals surface area contributed by atoms with E-state index in [1.165, 1.54) is 148 Å². The molecule has 0 bridgehead atoms. The van der Waals surface area contributed by atoms with Crippen molar-refractivity contribution in [2.45, 2.75) is 362 Å². The maximum absolute atomic E-state index is 13.0. The number of aliphatic hydroxyl groups excluding tert-OH is 1. The number of hydrogen-bond donors (Lipinski definition) is 3. The molecule has 0 aromatic carbocycles. The van der Waals surface area contributed by atoms with E-state index in [4.69, 9.17) is 37.0 Å². The van der Waals surface area contributed by atoms with Crippen LogP contribution < -0.4 is 0 Å². The Hall–Kier alpha value is -1.94. The lowest BCUT2D eigenvalue weighted by atomic mass is 10.00. The molecule has 0 aliphatic rings. The van der Waals surface area contributed by atoms with Gasteiger partial charge in [0.05, 0.1) is 26.4 Å². The molecule has 0 aromatic heterocycles. The van der Waals surface area contributed by atoms with Gasteiger partial charge in [-0.1, -0.05) is 292 Å². The molecule has 19 heteroatoms. The number of unbranched alkanes of at least 4 members (excludes halogenated alkanes) is 34. The van der Waals surface area contributed by atoms with Crippen molar-refractivity contribution in [1.29, 1.82) is 0 Å². The number of rotatable bonds is 67. The first-order chi connectivity index (χ1) is 42.3. The summed E-state index contributed by atoms with van der Waals surface area (Å²) in [6, 6.07) is 0. The second-order valence-corrected chi connectivity index (χ2v) is 29.0. The van der Waals surface area contributed by atoms with Gasteiger partial charge in [-0.2, -0.15) is 0 Å². The summed E-state index contributed by atoms with van der Waals surface area (Å²) >= 11 is 0. The van der Waals surface area contributed by atoms with Gasteiger partial charge in [-0.15, -0.1) is 0 Å². The molecule has 6 atom stereocenters. The standard InChI is InChI=1S/C69H134O17P2/c1-8-10-11-12-13-14-15-16-17-18-19-20-23-29-38-45-52-68(73)85-64(56-79-66(71)50-43-36-28-24-21-22-26-33-40-47-60(3)4)58-83-87(75,76)81-54-63(70)55-82-88(77,78)84-59-65(86-69(74)53-46-39-30-25-27-34-41-48-61(5)6)57-80-67(72)51-44-37-32-31-35-42-49-62(7)9-2/h60-65,70H,8-59H2,1-7H3,(H,75,76)(H,77,78)/t62?,63-,64-,65-/m1/s1. The SMILES string of the molecule is CCCCCCCCCCCCCCCCCCC(=O)O[C@H](COC(=O)CCCCCCCCCCCC(C)C)COP(=O)(O)OC[C@@H](O)COP(=O)(O)OC[C@@H](COC(=O)CCCCCCCCC(C)CC)OC(=O)CCCCCCCCCC(C)C. The summed E-state index contributed by atoms with van der Waals surface area (Å²) in [6.45, 7) is 11.7. The highest BCUT2D eigenvalue weighted by atomic mass is 31.2. The minimum atomic E-state index is -4.95. The minimum absolute atomic E-state index is 0.102. The van der Waals surface area contributed by atoms with E-state index >= 15 is 0 Å². The van der Waals surface area contributed by atoms with E-state index in [1.54, 1.807) is 0 Å². The molecule has 0 aliphatic heterocycles. The second kappa shape index (κ2) is 60.0. The number of phosphoric ester groups is 2. The van der Waals surface area contributed by atoms with Crippen LogP contribution in [0.25, 0.3) is 0 Å². The van der Waals surface area contributed by atoms with Crippen molar-refractivity contribution in [1.82, 2.24) is 0 Å². The summed E-state index contributed by atoms with van der Waals surface area (Å²) in [7, 11) is -9.90. The van der Waals surface area contributed by atoms with E-state index in [0.717, 1.165) is 108 Å². The molecule has 522 valence electrons. The topological polar surface area (TPSA) is 237 Å². The van der Waals surface area contributed by atoms with Crippen LogP contribution in [0, 0.1) is 17.8 Å². The van der Waals surface area contributed by atoms with E-state index in [0.29, 0.717) is 31.6 Å². The second-order valence-electron chi connectivity index (χ2n) is 26.1. The predicted molar refractivity (Wildman–Crippen MR) is 354 cm³/mol. The molecule has 0 aliphatic carbocycles. The van der Waals surface area contributed by atoms with Crippen LogP contribution in [0.15, 0.2) is 0 Å². The maximum Gasteiger partial charge on any atom is 0.472 e. The van der Waals surface area contributed by atoms with Crippen molar-refractivity contribution in [3.8, 4) is 0 Å². The fourth-order valence-corrected chi connectivity index (χ4v) is 11.9. The van der Waals surface area contributed by atoms with Gasteiger partial charge in [0.2, 0.25) is 0 Å². The molecule has 0 fully saturated rings. The van der Waals surface area contributed by atoms with Gasteiger partial charge in [0.25, 0.3) is 0 Å². The summed E-state index contributed by atoms with van der Waals surface area (Å²) < 4.78 is 68.2. The van der Waals surface area contributed by atoms with E-state index in [1.807, 2.05) is 0 Å². The van der Waals surface area contributed by atoms with Crippen molar-refractivity contribution in [2.24, 2.45) is 17.8 Å². The number of carbonyl (C=O) groups excluding carboxylic acids is 4. The lowest BCUT2D eigenvalue weighted by Crippen LogP contribution is -2.30. The van der Waals surface area contributed by atoms with Gasteiger partial charge in [0.15, 0.2) is 12.2 Å². The fourth-order valence-electron chi connectivity index (χ4n) is 10.3. The highest BCUT2D eigenvalue weighted by Gasteiger charge is 2.30. The zero-order valence-electron chi connectivity index (χ0n) is 57.2. The molecule has 0 spiro atoms. The van der Waals surface area contributed by atoms with Crippen LogP contribution >= 0.6 is 15.6 Å². The number of aliphatic hydroxyl groups is 1. The molecule has 0 amide bonds. The number of ether oxygens (including phenoxy) is 4. The Morgan fingerprint density at radius 1 is 0.330 bits per heavy atom. The third-order valence-corrected chi connectivity index (χ3v) is 18.1. The van der Waals surface area contributed by atoms with Crippen LogP contribution in [0.5, 0.6) is 0 Å². The smallest absolute Gasteiger partial charge is 0.462 e. The predicted octanol–water partition coefficient (Wildman–Crippen LogP) is 19.5. The van der Waals surface area contributed by atoms with Gasteiger partial charge in [-0.05, 0) is 43.4 Å². The zero-order chi connectivity index (χ0) is 65.2. The third-order valence-electron chi connectivity index (χ3n) is 16.2. The summed E-state index contributed by atoms with van der Waals surface area (Å²) in [5, 5.41) is 10.6. The van der Waals surface area contributed by atoms with Crippen molar-refractivity contribution >= 4 is 39.5 Å². The van der Waals surface area contributed by atoms with Gasteiger partial charge < -0.3 is 33.8 Å². The average molecular weight is 1300 g/mol. The Morgan fingerprint density at radius 3 is 0.864 bits per heavy atom. The van der Waals surface area contributed by atoms with E-state index < -0.39 is 97.5 Å². The Labute approximate surface area is 537 Å². The molecular formula is C69H134O17P2. The van der Waals surface area contributed by atoms with E-state index in [9.17, 15) is 43.2 Å². The van der Waals surface area contributed by atoms with Crippen LogP contribution in [-0.2, 0) is 65.4 Å². The fraction of sp³-hybridized carbons (Fsp3) is 0.942. The van der Waals surface area contributed by atoms with Crippen LogP contribution in [0.3, 0.4) is 0 Å². The minimum Gasteiger partial charge on any atom is -0.462 e. The average Bonchev–Trinajstić information content (AvgIpc) is 3.65. The monoisotopic (exact) mass is 1300 g/mol. The van der Waals surface area contributed by atoms with Gasteiger partial charge in [-0.3, -0.25) is 37.3 Å². The first-order valence-electron chi connectivity index (χ1n) is 35.9. The van der Waals surface area contributed by atoms with Crippen molar-refractivity contribution in [3.63, 3.8) is 0 Å². The summed E-state index contributed by atoms with van der Waals surface area (Å²) in [4.78, 5) is 72.5. The molecule has 88 heavy (non-hydrogen) atoms. The van der Waals surface area contributed by atoms with Crippen LogP contribution in [0.2, 0.25) is 0 Å². The van der Waals surface area contributed by atoms with Gasteiger partial charge in [-0.25, -0.2) is 9.13 Å². The largest absolute Gasteiger partial charge is 0.472 e. The van der Waals surface area contributed by atoms with Crippen molar-refractivity contribution in [2.75, 3.05) is 39.6 Å². The molecule has 0 saturated heterocycles. The molecule has 17 nitrogen and oxygen atoms in total. The summed E-state index contributed by atoms with van der Waals surface area (Å²) in [5.74, 6) is 0.0397. The highest BCUT2D eigenvalue weighted by Crippen LogP contribution is 2.45. The van der Waals surface area contributed by atoms with Gasteiger partial charge in [0, 0.05) is 25.7 Å². The van der Waals surface area contributed by atoms with Crippen molar-refractivity contribution < 1.29 is 80.2 Å². The molecule has 0 aromatic rings. The van der Waals surface area contributed by atoms with Crippen LogP contribution in [0.1, 0.15) is 344 Å². The van der Waals surface area contributed by atoms with Crippen LogP contribution in [0.4, 0.5) is 0 Å². The Morgan fingerprint density at radius 2 is 0.580 bits per heavy atom. The summed E-state index contributed by atoms with van der Waals surface area (Å²) in [5.41, 5.74) is 0. The van der Waals surface area contributed by atoms with Crippen molar-refractivity contribution in [3.05, 3.63) is 0 Å². The first-order valence-corrected chi connectivity index (χ1v) is 38.9. The van der Waals surface area contributed by atoms with E-state index in [2.05, 4.69) is 48.5 Å². The Bertz CT molecular complexity index is 1730. The molecule has 0 radical (unpaired) electrons. The number of hydrogen-bond acceptors (Lipinski definition) is 15. The highest BCUT2D eigenvalue weighted by molar-refractivity contribution is 7.47. The lowest BCUT2D eigenvalue weighted by molar-refractivity contribution is -0.161. The third kappa shape index (κ3) is 61.6. The Kier molecular flexibility index (Phi) is 58.7. The zero-order valence-corrected chi connectivity index (χ0v) is 59.0. The molecule has 0 heterocycles. The normalized spacial score (nSPS) is 14.5. The maximum atomic E-state index is 13.0. The van der Waals surface area contributed by atoms with Crippen LogP contribution in [-0.4, -0.2) is 96.7 Å². The molecule has 0 rings (SSSR count). The van der Waals surface area contributed by atoms with Gasteiger partial charge in [0.1, 0.15) is 19.3 Å². The molecule has 3 unspecified atom stereocenters. The molecule has 0 saturated carbocycles. The quantitative estimate of drug-likeness (QED) is 0.0222. The summed E-state index contributed by atoms with van der Waals surface area (Å²) in [6.07, 6.45) is 43.2. The van der Waals surface area contributed by atoms with E-state index in [-0.39, 0.29) is 25.7 Å². The van der Waals surface area contributed by atoms with Gasteiger partial charge >= 0.3 is 39.5 Å². The number of esters is 4.